The maximum Gasteiger partial charge on any atom is 0.0684 e. The van der Waals surface area contributed by atoms with E-state index in [1.54, 1.807) is 19.3 Å². The third-order valence-corrected chi connectivity index (χ3v) is 1.61. The van der Waals surface area contributed by atoms with E-state index in [0.717, 1.165) is 11.3 Å². The van der Waals surface area contributed by atoms with Gasteiger partial charge in [-0.1, -0.05) is 0 Å². The molecular weight excluding hydrogens is 152 g/mol. The van der Waals surface area contributed by atoms with Gasteiger partial charge in [0.25, 0.3) is 0 Å². The van der Waals surface area contributed by atoms with Crippen molar-refractivity contribution >= 4 is 5.69 Å². The molecule has 12 heavy (non-hydrogen) atoms. The van der Waals surface area contributed by atoms with Gasteiger partial charge < -0.3 is 10.4 Å². The molecule has 1 heterocycles. The van der Waals surface area contributed by atoms with Crippen molar-refractivity contribution in [3.8, 4) is 0 Å². The lowest BCUT2D eigenvalue weighted by Crippen LogP contribution is -2.15. The van der Waals surface area contributed by atoms with Crippen molar-refractivity contribution < 1.29 is 5.11 Å². The molecular formula is C9H14N2O. The largest absolute Gasteiger partial charge is 0.392 e. The molecule has 1 aromatic rings. The van der Waals surface area contributed by atoms with Gasteiger partial charge in [-0.15, -0.1) is 0 Å². The van der Waals surface area contributed by atoms with Gasteiger partial charge in [-0.25, -0.2) is 0 Å². The van der Waals surface area contributed by atoms with Crippen LogP contribution in [0.25, 0.3) is 0 Å². The van der Waals surface area contributed by atoms with Crippen LogP contribution < -0.4 is 5.32 Å². The Morgan fingerprint density at radius 1 is 1.67 bits per heavy atom. The Morgan fingerprint density at radius 2 is 2.42 bits per heavy atom. The normalized spacial score (nSPS) is 12.6. The Morgan fingerprint density at radius 3 is 3.00 bits per heavy atom. The van der Waals surface area contributed by atoms with Crippen molar-refractivity contribution in [2.45, 2.75) is 20.0 Å². The molecule has 0 radical (unpaired) electrons. The lowest BCUT2D eigenvalue weighted by Gasteiger charge is -2.09. The number of nitrogens with zero attached hydrogens (tertiary/aromatic N) is 1. The maximum atomic E-state index is 9.03. The zero-order chi connectivity index (χ0) is 8.97. The van der Waals surface area contributed by atoms with Crippen LogP contribution in [-0.2, 0) is 0 Å². The first-order valence-corrected chi connectivity index (χ1v) is 4.02. The number of aromatic nitrogens is 1. The summed E-state index contributed by atoms with van der Waals surface area (Å²) < 4.78 is 0. The average Bonchev–Trinajstić information content (AvgIpc) is 2.03. The fourth-order valence-corrected chi connectivity index (χ4v) is 0.929. The number of aliphatic hydroxyl groups is 1. The predicted molar refractivity (Wildman–Crippen MR) is 49.1 cm³/mol. The summed E-state index contributed by atoms with van der Waals surface area (Å²) in [4.78, 5) is 3.97. The van der Waals surface area contributed by atoms with Crippen molar-refractivity contribution in [2.24, 2.45) is 0 Å². The van der Waals surface area contributed by atoms with Gasteiger partial charge in [-0.05, 0) is 25.5 Å². The summed E-state index contributed by atoms with van der Waals surface area (Å²) in [5.74, 6) is 0. The van der Waals surface area contributed by atoms with Crippen molar-refractivity contribution in [1.82, 2.24) is 4.98 Å². The van der Waals surface area contributed by atoms with Gasteiger partial charge >= 0.3 is 0 Å². The highest BCUT2D eigenvalue weighted by Gasteiger charge is 1.97. The minimum Gasteiger partial charge on any atom is -0.392 e. The lowest BCUT2D eigenvalue weighted by atomic mass is 10.2. The molecule has 0 saturated carbocycles. The molecule has 1 aromatic heterocycles. The number of hydrogen-bond donors (Lipinski definition) is 2. The smallest absolute Gasteiger partial charge is 0.0684 e. The molecule has 1 rings (SSSR count). The van der Waals surface area contributed by atoms with E-state index < -0.39 is 0 Å². The molecule has 2 N–H and O–H groups in total. The Labute approximate surface area is 72.5 Å². The molecule has 0 amide bonds. The number of aliphatic hydroxyl groups excluding tert-OH is 1. The van der Waals surface area contributed by atoms with Crippen LogP contribution in [0.3, 0.4) is 0 Å². The van der Waals surface area contributed by atoms with Crippen molar-refractivity contribution in [3.05, 3.63) is 24.0 Å². The molecule has 66 valence electrons. The van der Waals surface area contributed by atoms with Gasteiger partial charge in [0.1, 0.15) is 0 Å². The van der Waals surface area contributed by atoms with E-state index in [2.05, 4.69) is 10.3 Å². The highest BCUT2D eigenvalue weighted by atomic mass is 16.3. The minimum absolute atomic E-state index is 0.322. The molecule has 0 aromatic carbocycles. The second kappa shape index (κ2) is 4.07. The molecule has 3 nitrogen and oxygen atoms in total. The van der Waals surface area contributed by atoms with Crippen LogP contribution in [0.2, 0.25) is 0 Å². The average molecular weight is 166 g/mol. The van der Waals surface area contributed by atoms with Gasteiger partial charge in [0.05, 0.1) is 6.10 Å². The van der Waals surface area contributed by atoms with E-state index in [-0.39, 0.29) is 6.10 Å². The summed E-state index contributed by atoms with van der Waals surface area (Å²) in [6.45, 7) is 4.31. The van der Waals surface area contributed by atoms with Crippen LogP contribution in [0.4, 0.5) is 5.69 Å². The Hall–Kier alpha value is -1.09. The van der Waals surface area contributed by atoms with E-state index in [9.17, 15) is 0 Å². The van der Waals surface area contributed by atoms with E-state index >= 15 is 0 Å². The molecule has 0 aliphatic carbocycles. The van der Waals surface area contributed by atoms with Crippen molar-refractivity contribution in [2.75, 3.05) is 11.9 Å². The fourth-order valence-electron chi connectivity index (χ4n) is 0.929. The topological polar surface area (TPSA) is 45.2 Å². The standard InChI is InChI=1S/C9H14N2O/c1-7-5-10-4-3-9(7)11-6-8(2)12/h3-5,8,12H,6H2,1-2H3,(H,10,11). The van der Waals surface area contributed by atoms with E-state index in [1.165, 1.54) is 0 Å². The number of nitrogens with one attached hydrogen (secondary N) is 1. The number of anilines is 1. The number of hydrogen-bond acceptors (Lipinski definition) is 3. The predicted octanol–water partition coefficient (Wildman–Crippen LogP) is 1.18. The fraction of sp³-hybridized carbons (Fsp3) is 0.444. The number of aryl methyl sites for hydroxylation is 1. The van der Waals surface area contributed by atoms with Gasteiger partial charge in [0.2, 0.25) is 0 Å². The SMILES string of the molecule is Cc1cnccc1NCC(C)O. The van der Waals surface area contributed by atoms with Gasteiger partial charge in [0, 0.05) is 24.6 Å². The second-order valence-electron chi connectivity index (χ2n) is 2.92. The van der Waals surface area contributed by atoms with Crippen molar-refractivity contribution in [1.29, 1.82) is 0 Å². The molecule has 0 fully saturated rings. The maximum absolute atomic E-state index is 9.03. The highest BCUT2D eigenvalue weighted by Crippen LogP contribution is 2.10. The minimum atomic E-state index is -0.322. The van der Waals surface area contributed by atoms with Crippen LogP contribution in [0.1, 0.15) is 12.5 Å². The van der Waals surface area contributed by atoms with E-state index in [1.807, 2.05) is 13.0 Å². The first-order valence-electron chi connectivity index (χ1n) is 4.02. The summed E-state index contributed by atoms with van der Waals surface area (Å²) >= 11 is 0. The first-order chi connectivity index (χ1) is 5.70. The van der Waals surface area contributed by atoms with Crippen LogP contribution >= 0.6 is 0 Å². The Bertz CT molecular complexity index is 248. The van der Waals surface area contributed by atoms with Crippen LogP contribution in [0.5, 0.6) is 0 Å². The van der Waals surface area contributed by atoms with Crippen LogP contribution in [0.15, 0.2) is 18.5 Å². The molecule has 1 unspecified atom stereocenters. The summed E-state index contributed by atoms with van der Waals surface area (Å²) in [6.07, 6.45) is 3.21. The van der Waals surface area contributed by atoms with Crippen molar-refractivity contribution in [3.63, 3.8) is 0 Å². The van der Waals surface area contributed by atoms with E-state index in [4.69, 9.17) is 5.11 Å². The molecule has 3 heteroatoms. The Balaban J connectivity index is 2.57. The van der Waals surface area contributed by atoms with Gasteiger partial charge in [-0.3, -0.25) is 4.98 Å². The molecule has 0 saturated heterocycles. The monoisotopic (exact) mass is 166 g/mol. The van der Waals surface area contributed by atoms with Crippen LogP contribution in [0, 0.1) is 6.92 Å². The van der Waals surface area contributed by atoms with Crippen LogP contribution in [-0.4, -0.2) is 22.7 Å². The molecule has 0 aliphatic heterocycles. The van der Waals surface area contributed by atoms with Gasteiger partial charge in [0.15, 0.2) is 0 Å². The molecule has 0 aliphatic rings. The highest BCUT2D eigenvalue weighted by molar-refractivity contribution is 5.48. The molecule has 0 bridgehead atoms. The second-order valence-corrected chi connectivity index (χ2v) is 2.92. The molecule has 1 atom stereocenters. The lowest BCUT2D eigenvalue weighted by molar-refractivity contribution is 0.208. The summed E-state index contributed by atoms with van der Waals surface area (Å²) in [5.41, 5.74) is 2.13. The van der Waals surface area contributed by atoms with E-state index in [0.29, 0.717) is 6.54 Å². The first kappa shape index (κ1) is 9.00. The summed E-state index contributed by atoms with van der Waals surface area (Å²) in [5, 5.41) is 12.1. The number of pyridine rings is 1. The quantitative estimate of drug-likeness (QED) is 0.708. The summed E-state index contributed by atoms with van der Waals surface area (Å²) in [7, 11) is 0. The zero-order valence-corrected chi connectivity index (χ0v) is 7.41. The number of rotatable bonds is 3. The Kier molecular flexibility index (Phi) is 3.05. The third-order valence-electron chi connectivity index (χ3n) is 1.61. The molecule has 0 spiro atoms. The van der Waals surface area contributed by atoms with Gasteiger partial charge in [-0.2, -0.15) is 0 Å². The zero-order valence-electron chi connectivity index (χ0n) is 7.41. The third kappa shape index (κ3) is 2.51. The summed E-state index contributed by atoms with van der Waals surface area (Å²) in [6, 6.07) is 1.90.